The van der Waals surface area contributed by atoms with Crippen molar-refractivity contribution in [3.05, 3.63) is 123 Å². The second-order valence-electron chi connectivity index (χ2n) is 13.2. The lowest BCUT2D eigenvalue weighted by Crippen LogP contribution is -2.05. The van der Waals surface area contributed by atoms with Gasteiger partial charge in [0.25, 0.3) is 18.1 Å². The maximum Gasteiger partial charge on any atom is 0.263 e. The van der Waals surface area contributed by atoms with Crippen LogP contribution in [-0.4, -0.2) is 36.8 Å². The number of halogens is 17. The predicted octanol–water partition coefficient (Wildman–Crippen LogP) is 11.6. The van der Waals surface area contributed by atoms with E-state index in [4.69, 9.17) is 21.4 Å². The summed E-state index contributed by atoms with van der Waals surface area (Å²) in [4.78, 5) is 7.74. The van der Waals surface area contributed by atoms with E-state index in [9.17, 15) is 56.3 Å². The maximum atomic E-state index is 15.8. The van der Waals surface area contributed by atoms with Gasteiger partial charge < -0.3 is 15.0 Å². The highest BCUT2D eigenvalue weighted by molar-refractivity contribution is 8.14. The van der Waals surface area contributed by atoms with E-state index in [2.05, 4.69) is 19.9 Å². The minimum absolute atomic E-state index is 0.334. The largest absolute Gasteiger partial charge is 0.354 e. The van der Waals surface area contributed by atoms with E-state index in [1.54, 1.807) is 0 Å². The van der Waals surface area contributed by atoms with E-state index < -0.39 is 193 Å². The lowest BCUT2D eigenvalue weighted by atomic mass is 10.0. The number of fused-ring (bicyclic) bond motifs is 9. The minimum Gasteiger partial charge on any atom is -0.354 e. The van der Waals surface area contributed by atoms with Crippen LogP contribution < -0.4 is 0 Å². The first kappa shape index (κ1) is 44.4. The van der Waals surface area contributed by atoms with Gasteiger partial charge in [-0.05, 0) is 36.4 Å². The van der Waals surface area contributed by atoms with E-state index in [1.165, 1.54) is 0 Å². The molecule has 8 bridgehead atoms. The molecule has 0 aliphatic carbocycles. The highest BCUT2D eigenvalue weighted by Gasteiger charge is 2.35. The topological polar surface area (TPSA) is 129 Å². The van der Waals surface area contributed by atoms with Crippen molar-refractivity contribution in [2.75, 3.05) is 0 Å². The van der Waals surface area contributed by atoms with E-state index >= 15 is 26.3 Å². The number of benzene rings is 3. The number of hydrogen-bond acceptors (Lipinski definition) is 5. The molecule has 0 saturated heterocycles. The summed E-state index contributed by atoms with van der Waals surface area (Å²) in [6.07, 6.45) is 1.19. The molecule has 0 radical (unpaired) electrons. The summed E-state index contributed by atoms with van der Waals surface area (Å²) < 4.78 is 279. The van der Waals surface area contributed by atoms with Crippen LogP contribution in [0.3, 0.4) is 0 Å². The second kappa shape index (κ2) is 15.0. The molecule has 1 aliphatic heterocycles. The summed E-state index contributed by atoms with van der Waals surface area (Å²) in [5, 5.41) is 0. The maximum absolute atomic E-state index is 15.8. The highest BCUT2D eigenvalue weighted by atomic mass is 35.7. The quantitative estimate of drug-likeness (QED) is 0.0685. The van der Waals surface area contributed by atoms with E-state index in [-0.39, 0.29) is 0 Å². The lowest BCUT2D eigenvalue weighted by molar-refractivity contribution is 0.381. The monoisotopic (exact) mass is 992 g/mol. The van der Waals surface area contributed by atoms with Crippen LogP contribution in [0.4, 0.5) is 65.9 Å². The third-order valence-corrected chi connectivity index (χ3v) is 12.3. The van der Waals surface area contributed by atoms with Crippen molar-refractivity contribution >= 4 is 84.7 Å². The molecule has 3 N–H and O–H groups in total. The van der Waals surface area contributed by atoms with Gasteiger partial charge in [-0.2, -0.15) is 0 Å². The molecule has 0 saturated carbocycles. The number of nitrogens with one attached hydrogen (secondary N) is 3. The van der Waals surface area contributed by atoms with Gasteiger partial charge in [-0.1, -0.05) is 0 Å². The van der Waals surface area contributed by atoms with Gasteiger partial charge in [-0.25, -0.2) is 87.7 Å². The van der Waals surface area contributed by atoms with Crippen molar-refractivity contribution in [2.24, 2.45) is 0 Å². The van der Waals surface area contributed by atoms with Gasteiger partial charge in [-0.15, -0.1) is 0 Å². The van der Waals surface area contributed by atoms with Crippen LogP contribution in [0.25, 0.3) is 78.6 Å². The molecule has 8 nitrogen and oxygen atoms in total. The molecule has 5 heterocycles. The van der Waals surface area contributed by atoms with Gasteiger partial charge in [0, 0.05) is 49.1 Å². The molecule has 64 heavy (non-hydrogen) atoms. The van der Waals surface area contributed by atoms with Gasteiger partial charge in [0.1, 0.15) is 9.79 Å². The number of hydrogen-bond donors (Lipinski definition) is 3. The summed E-state index contributed by atoms with van der Waals surface area (Å²) in [7, 11) is 0.601. The molecule has 332 valence electrons. The minimum atomic E-state index is -5.42. The Kier molecular flexibility index (Phi) is 10.4. The summed E-state index contributed by atoms with van der Waals surface area (Å²) in [6.45, 7) is 0. The van der Waals surface area contributed by atoms with E-state index in [0.29, 0.717) is 36.4 Å². The molecule has 27 heteroatoms. The number of nitrogens with zero attached hydrogens (tertiary/aromatic N) is 1. The Labute approximate surface area is 352 Å². The summed E-state index contributed by atoms with van der Waals surface area (Å²) in [6, 6.07) is 1.85. The molecule has 8 rings (SSSR count). The van der Waals surface area contributed by atoms with Crippen LogP contribution in [0.1, 0.15) is 11.4 Å². The fourth-order valence-electron chi connectivity index (χ4n) is 6.91. The molecule has 0 fully saturated rings. The van der Waals surface area contributed by atoms with Crippen LogP contribution in [-0.2, 0) is 18.1 Å². The lowest BCUT2D eigenvalue weighted by Gasteiger charge is -2.11. The van der Waals surface area contributed by atoms with Crippen LogP contribution >= 0.6 is 21.4 Å². The van der Waals surface area contributed by atoms with Gasteiger partial charge in [0.15, 0.2) is 69.8 Å². The molecule has 3 aromatic carbocycles. The number of aromatic nitrogens is 4. The number of H-pyrrole nitrogens is 3. The Morgan fingerprint density at radius 1 is 0.359 bits per heavy atom. The Morgan fingerprint density at radius 3 is 1.05 bits per heavy atom. The van der Waals surface area contributed by atoms with Crippen molar-refractivity contribution in [3.8, 4) is 33.4 Å². The zero-order valence-corrected chi connectivity index (χ0v) is 32.9. The predicted molar refractivity (Wildman–Crippen MR) is 197 cm³/mol. The Balaban J connectivity index is 1.78. The number of aromatic amines is 3. The van der Waals surface area contributed by atoms with Gasteiger partial charge in [0.05, 0.1) is 50.1 Å². The molecule has 7 aromatic rings. The summed E-state index contributed by atoms with van der Waals surface area (Å²) in [5.74, 6) is -40.0. The molecule has 0 amide bonds. The molecule has 0 spiro atoms. The average molecular weight is 994 g/mol. The zero-order valence-electron chi connectivity index (χ0n) is 29.8. The molecule has 1 aliphatic rings. The Hall–Kier alpha value is -6.18. The van der Waals surface area contributed by atoms with Crippen LogP contribution in [0, 0.1) is 87.3 Å². The molecule has 0 atom stereocenters. The highest BCUT2D eigenvalue weighted by Crippen LogP contribution is 2.44. The standard InChI is InChI=1S/C37H9Cl2F15N4O4S2/c38-63(59,60)13-5-11-16(19-23(42)29(48)34(53)30(49)24(19)43)9-2-1-7(55-9)15(18-21(40)27(46)33(52)28(47)22(18)41)8-3-4-10(56-8)17(20-25(44)31(50)35(54)32(51)26(20)45)37-14(64(39,61)62)6-12(58-37)36(13)57-11/h1-6,56-58H. The SMILES string of the molecule is O=S(=O)(Cl)c1cc2[nH]c1c(-c1c(F)c(F)c(F)c(F)c1F)c1ccc([nH]1)c(-c1c(F)c(F)c(F)c(F)c1F)c1nc(c(-c3c(F)c(F)c(F)c(F)c3F)c3cc(S(=O)(=O)Cl)c2[nH]3)C=C1. The van der Waals surface area contributed by atoms with Gasteiger partial charge in [0.2, 0.25) is 17.5 Å². The van der Waals surface area contributed by atoms with Crippen LogP contribution in [0.2, 0.25) is 0 Å². The van der Waals surface area contributed by atoms with Crippen molar-refractivity contribution in [3.63, 3.8) is 0 Å². The van der Waals surface area contributed by atoms with Crippen LogP contribution in [0.15, 0.2) is 34.1 Å². The average Bonchev–Trinajstić information content (AvgIpc) is 4.07. The third kappa shape index (κ3) is 6.57. The zero-order chi connectivity index (χ0) is 47.0. The van der Waals surface area contributed by atoms with Crippen molar-refractivity contribution in [1.29, 1.82) is 0 Å². The smallest absolute Gasteiger partial charge is 0.263 e. The molecular formula is C37H9Cl2F15N4O4S2. The number of rotatable bonds is 5. The van der Waals surface area contributed by atoms with E-state index in [1.807, 2.05) is 0 Å². The fourth-order valence-corrected chi connectivity index (χ4v) is 8.96. The summed E-state index contributed by atoms with van der Waals surface area (Å²) >= 11 is 0. The van der Waals surface area contributed by atoms with E-state index in [0.717, 1.165) is 0 Å². The van der Waals surface area contributed by atoms with Crippen molar-refractivity contribution in [1.82, 2.24) is 19.9 Å². The Morgan fingerprint density at radius 2 is 0.656 bits per heavy atom. The normalized spacial score (nSPS) is 12.6. The first-order valence-electron chi connectivity index (χ1n) is 16.6. The first-order valence-corrected chi connectivity index (χ1v) is 21.3. The van der Waals surface area contributed by atoms with Gasteiger partial charge >= 0.3 is 0 Å². The van der Waals surface area contributed by atoms with Gasteiger partial charge in [-0.3, -0.25) is 0 Å². The fraction of sp³-hybridized carbons (Fsp3) is 0. The molecule has 0 unspecified atom stereocenters. The Bertz CT molecular complexity index is 3620. The second-order valence-corrected chi connectivity index (χ2v) is 18.2. The van der Waals surface area contributed by atoms with Crippen molar-refractivity contribution < 1.29 is 82.7 Å². The third-order valence-electron chi connectivity index (χ3n) is 9.63. The molecular weight excluding hydrogens is 984 g/mol. The van der Waals surface area contributed by atoms with Crippen molar-refractivity contribution in [2.45, 2.75) is 9.79 Å². The van der Waals surface area contributed by atoms with Crippen LogP contribution in [0.5, 0.6) is 0 Å². The summed E-state index contributed by atoms with van der Waals surface area (Å²) in [5.41, 5.74) is -18.5. The molecule has 4 aromatic heterocycles. The first-order chi connectivity index (χ1) is 29.8.